The summed E-state index contributed by atoms with van der Waals surface area (Å²) < 4.78 is 13.0. The Labute approximate surface area is 297 Å². The maximum Gasteiger partial charge on any atom is 0.164 e. The maximum absolute atomic E-state index is 6.75. The van der Waals surface area contributed by atoms with Crippen LogP contribution in [-0.4, -0.2) is 15.0 Å². The molecule has 3 aromatic heterocycles. The number of aromatic nitrogens is 3. The first kappa shape index (κ1) is 28.7. The summed E-state index contributed by atoms with van der Waals surface area (Å²) in [4.78, 5) is 15.6. The molecule has 0 radical (unpaired) electrons. The van der Waals surface area contributed by atoms with E-state index in [9.17, 15) is 0 Å². The zero-order valence-electron chi connectivity index (χ0n) is 27.7. The summed E-state index contributed by atoms with van der Waals surface area (Å²) in [5.74, 6) is 1.77. The van der Waals surface area contributed by atoms with E-state index in [1.54, 1.807) is 0 Å². The zero-order valence-corrected chi connectivity index (χ0v) is 27.7. The molecule has 0 fully saturated rings. The van der Waals surface area contributed by atoms with Crippen LogP contribution >= 0.6 is 0 Å². The predicted octanol–water partition coefficient (Wildman–Crippen LogP) is 12.6. The van der Waals surface area contributed by atoms with E-state index >= 15 is 0 Å². The standard InChI is InChI=1S/C47H27N3O2/c1-2-14-29(15-3-1)45-48-46(50-47(49-45)36-21-12-24-40-42(36)34-19-8-10-22-38(34)51-40)33-18-7-6-17-32(33)37-27-30-26-25-28-13-4-5-16-31(28)41(30)44-43(37)35-20-9-11-23-39(35)52-44/h1-27H. The van der Waals surface area contributed by atoms with Gasteiger partial charge >= 0.3 is 0 Å². The van der Waals surface area contributed by atoms with Gasteiger partial charge in [-0.05, 0) is 51.6 Å². The molecule has 0 amide bonds. The number of rotatable bonds is 4. The average Bonchev–Trinajstić information content (AvgIpc) is 3.80. The van der Waals surface area contributed by atoms with Gasteiger partial charge in [0.05, 0.1) is 0 Å². The molecule has 0 spiro atoms. The minimum absolute atomic E-state index is 0.583. The third-order valence-corrected chi connectivity index (χ3v) is 10.1. The van der Waals surface area contributed by atoms with Crippen LogP contribution in [0, 0.1) is 0 Å². The van der Waals surface area contributed by atoms with Crippen LogP contribution in [0.3, 0.4) is 0 Å². The molecule has 8 aromatic carbocycles. The molecule has 0 bridgehead atoms. The second kappa shape index (κ2) is 11.2. The molecule has 0 N–H and O–H groups in total. The lowest BCUT2D eigenvalue weighted by atomic mass is 9.90. The van der Waals surface area contributed by atoms with Gasteiger partial charge in [-0.2, -0.15) is 0 Å². The van der Waals surface area contributed by atoms with Gasteiger partial charge in [0.25, 0.3) is 0 Å². The van der Waals surface area contributed by atoms with E-state index in [0.29, 0.717) is 17.5 Å². The molecule has 0 atom stereocenters. The predicted molar refractivity (Wildman–Crippen MR) is 211 cm³/mol. The SMILES string of the molecule is c1ccc(-c2nc(-c3ccccc3-c3cc4ccc5ccccc5c4c4oc5ccccc5c34)nc(-c3cccc4oc5ccccc5c34)n2)cc1. The smallest absolute Gasteiger partial charge is 0.164 e. The molecule has 3 heterocycles. The summed E-state index contributed by atoms with van der Waals surface area (Å²) in [5.41, 5.74) is 8.12. The molecule has 52 heavy (non-hydrogen) atoms. The molecule has 5 heteroatoms. The summed E-state index contributed by atoms with van der Waals surface area (Å²) in [6.07, 6.45) is 0. The minimum Gasteiger partial charge on any atom is -0.456 e. The lowest BCUT2D eigenvalue weighted by Crippen LogP contribution is -2.01. The molecule has 242 valence electrons. The number of benzene rings is 8. The first-order chi connectivity index (χ1) is 25.8. The average molecular weight is 666 g/mol. The Morgan fingerprint density at radius 1 is 0.327 bits per heavy atom. The van der Waals surface area contributed by atoms with Crippen LogP contribution in [-0.2, 0) is 0 Å². The largest absolute Gasteiger partial charge is 0.456 e. The number of furan rings is 2. The highest BCUT2D eigenvalue weighted by molar-refractivity contribution is 6.27. The number of fused-ring (bicyclic) bond motifs is 10. The second-order valence-electron chi connectivity index (χ2n) is 13.1. The van der Waals surface area contributed by atoms with Crippen molar-refractivity contribution in [3.8, 4) is 45.3 Å². The van der Waals surface area contributed by atoms with Crippen molar-refractivity contribution in [2.75, 3.05) is 0 Å². The third kappa shape index (κ3) is 4.33. The first-order valence-corrected chi connectivity index (χ1v) is 17.4. The third-order valence-electron chi connectivity index (χ3n) is 10.1. The van der Waals surface area contributed by atoms with Gasteiger partial charge in [-0.3, -0.25) is 0 Å². The molecule has 11 rings (SSSR count). The number of hydrogen-bond donors (Lipinski definition) is 0. The lowest BCUT2D eigenvalue weighted by Gasteiger charge is -2.14. The van der Waals surface area contributed by atoms with E-state index in [2.05, 4.69) is 84.9 Å². The molecule has 0 saturated carbocycles. The van der Waals surface area contributed by atoms with Gasteiger partial charge in [0.2, 0.25) is 0 Å². The Kier molecular flexibility index (Phi) is 6.18. The molecule has 0 aliphatic rings. The fourth-order valence-electron chi connectivity index (χ4n) is 7.80. The fourth-order valence-corrected chi connectivity index (χ4v) is 7.80. The van der Waals surface area contributed by atoms with Crippen molar-refractivity contribution in [2.24, 2.45) is 0 Å². The lowest BCUT2D eigenvalue weighted by molar-refractivity contribution is 0.669. The van der Waals surface area contributed by atoms with E-state index in [0.717, 1.165) is 82.5 Å². The summed E-state index contributed by atoms with van der Waals surface area (Å²) in [7, 11) is 0. The molecule has 5 nitrogen and oxygen atoms in total. The van der Waals surface area contributed by atoms with Crippen molar-refractivity contribution in [1.82, 2.24) is 15.0 Å². The van der Waals surface area contributed by atoms with E-state index in [-0.39, 0.29) is 0 Å². The Bertz CT molecular complexity index is 3190. The second-order valence-corrected chi connectivity index (χ2v) is 13.1. The minimum atomic E-state index is 0.583. The highest BCUT2D eigenvalue weighted by atomic mass is 16.3. The van der Waals surface area contributed by atoms with E-state index in [1.807, 2.05) is 78.9 Å². The first-order valence-electron chi connectivity index (χ1n) is 17.4. The van der Waals surface area contributed by atoms with E-state index < -0.39 is 0 Å². The Morgan fingerprint density at radius 3 is 1.73 bits per heavy atom. The monoisotopic (exact) mass is 665 g/mol. The topological polar surface area (TPSA) is 65.0 Å². The van der Waals surface area contributed by atoms with Crippen LogP contribution < -0.4 is 0 Å². The van der Waals surface area contributed by atoms with E-state index in [4.69, 9.17) is 23.8 Å². The number of hydrogen-bond acceptors (Lipinski definition) is 5. The van der Waals surface area contributed by atoms with Gasteiger partial charge in [-0.15, -0.1) is 0 Å². The van der Waals surface area contributed by atoms with Crippen molar-refractivity contribution in [2.45, 2.75) is 0 Å². The summed E-state index contributed by atoms with van der Waals surface area (Å²) >= 11 is 0. The Hall–Kier alpha value is -7.11. The number of para-hydroxylation sites is 2. The van der Waals surface area contributed by atoms with Gasteiger partial charge < -0.3 is 8.83 Å². The van der Waals surface area contributed by atoms with Gasteiger partial charge in [0.15, 0.2) is 17.5 Å². The normalized spacial score (nSPS) is 11.8. The molecule has 0 saturated heterocycles. The van der Waals surface area contributed by atoms with Crippen LogP contribution in [0.25, 0.3) is 111 Å². The summed E-state index contributed by atoms with van der Waals surface area (Å²) in [6.45, 7) is 0. The molecule has 0 unspecified atom stereocenters. The fraction of sp³-hybridized carbons (Fsp3) is 0. The molecule has 11 aromatic rings. The van der Waals surface area contributed by atoms with Gasteiger partial charge in [-0.1, -0.05) is 140 Å². The molecule has 0 aliphatic carbocycles. The Morgan fingerprint density at radius 2 is 0.904 bits per heavy atom. The van der Waals surface area contributed by atoms with Crippen LogP contribution in [0.5, 0.6) is 0 Å². The highest BCUT2D eigenvalue weighted by Crippen LogP contribution is 2.45. The van der Waals surface area contributed by atoms with Crippen molar-refractivity contribution in [3.63, 3.8) is 0 Å². The highest BCUT2D eigenvalue weighted by Gasteiger charge is 2.22. The van der Waals surface area contributed by atoms with Crippen LogP contribution in [0.15, 0.2) is 173 Å². The molecular formula is C47H27N3O2. The van der Waals surface area contributed by atoms with Crippen LogP contribution in [0.4, 0.5) is 0 Å². The van der Waals surface area contributed by atoms with Gasteiger partial charge in [0.1, 0.15) is 22.3 Å². The van der Waals surface area contributed by atoms with Crippen molar-refractivity contribution in [3.05, 3.63) is 164 Å². The summed E-state index contributed by atoms with van der Waals surface area (Å²) in [5, 5.41) is 8.70. The summed E-state index contributed by atoms with van der Waals surface area (Å²) in [6, 6.07) is 56.2. The quantitative estimate of drug-likeness (QED) is 0.175. The van der Waals surface area contributed by atoms with Crippen LogP contribution in [0.1, 0.15) is 0 Å². The number of nitrogens with zero attached hydrogens (tertiary/aromatic N) is 3. The molecular weight excluding hydrogens is 639 g/mol. The van der Waals surface area contributed by atoms with Gasteiger partial charge in [0, 0.05) is 43.6 Å². The Balaban J connectivity index is 1.22. The van der Waals surface area contributed by atoms with E-state index in [1.165, 1.54) is 10.8 Å². The van der Waals surface area contributed by atoms with Crippen LogP contribution in [0.2, 0.25) is 0 Å². The molecule has 0 aliphatic heterocycles. The van der Waals surface area contributed by atoms with Gasteiger partial charge in [-0.25, -0.2) is 15.0 Å². The zero-order chi connectivity index (χ0) is 34.2. The van der Waals surface area contributed by atoms with Crippen molar-refractivity contribution in [1.29, 1.82) is 0 Å². The van der Waals surface area contributed by atoms with Crippen molar-refractivity contribution >= 4 is 65.4 Å². The van der Waals surface area contributed by atoms with Crippen molar-refractivity contribution < 1.29 is 8.83 Å². The maximum atomic E-state index is 6.75.